The molecule has 1 heteroatoms. The van der Waals surface area contributed by atoms with E-state index < -0.39 is 0 Å². The minimum Gasteiger partial charge on any atom is -0.456 e. The van der Waals surface area contributed by atoms with Gasteiger partial charge in [0.15, 0.2) is 0 Å². The lowest BCUT2D eigenvalue weighted by atomic mass is 10.1. The number of aryl methyl sites for hydroxylation is 1. The first-order valence-corrected chi connectivity index (χ1v) is 5.05. The number of furan rings is 1. The van der Waals surface area contributed by atoms with Crippen LogP contribution in [-0.2, 0) is 0 Å². The van der Waals surface area contributed by atoms with Crippen LogP contribution in [0.2, 0.25) is 0 Å². The summed E-state index contributed by atoms with van der Waals surface area (Å²) in [6, 6.07) is 6.11. The third-order valence-corrected chi connectivity index (χ3v) is 2.55. The van der Waals surface area contributed by atoms with Crippen molar-refractivity contribution in [1.82, 2.24) is 0 Å². The smallest absolute Gasteiger partial charge is 0.135 e. The molecule has 0 aliphatic carbocycles. The Morgan fingerprint density at radius 3 is 2.80 bits per heavy atom. The van der Waals surface area contributed by atoms with E-state index in [0.717, 1.165) is 16.2 Å². The van der Waals surface area contributed by atoms with Gasteiger partial charge in [-0.1, -0.05) is 30.9 Å². The van der Waals surface area contributed by atoms with Gasteiger partial charge in [0.2, 0.25) is 0 Å². The van der Waals surface area contributed by atoms with Gasteiger partial charge < -0.3 is 4.42 Å². The van der Waals surface area contributed by atoms with E-state index in [4.69, 9.17) is 4.42 Å². The number of fused-ring (bicyclic) bond motifs is 1. The highest BCUT2D eigenvalue weighted by Crippen LogP contribution is 2.12. The third-order valence-electron chi connectivity index (χ3n) is 2.55. The van der Waals surface area contributed by atoms with E-state index >= 15 is 0 Å². The Morgan fingerprint density at radius 1 is 1.33 bits per heavy atom. The van der Waals surface area contributed by atoms with Gasteiger partial charge in [0.25, 0.3) is 0 Å². The quantitative estimate of drug-likeness (QED) is 0.686. The lowest BCUT2D eigenvalue weighted by molar-refractivity contribution is 0.575. The van der Waals surface area contributed by atoms with Crippen LogP contribution in [0.15, 0.2) is 35.3 Å². The molecule has 0 radical (unpaired) electrons. The first-order valence-electron chi connectivity index (χ1n) is 5.05. The molecule has 1 aromatic carbocycles. The Hall–Kier alpha value is -1.76. The topological polar surface area (TPSA) is 13.1 Å². The molecule has 0 aliphatic rings. The second-order valence-electron chi connectivity index (χ2n) is 3.52. The molecule has 0 saturated carbocycles. The summed E-state index contributed by atoms with van der Waals surface area (Å²) >= 11 is 0. The molecule has 2 aromatic rings. The van der Waals surface area contributed by atoms with Crippen LogP contribution in [0.3, 0.4) is 0 Å². The van der Waals surface area contributed by atoms with Gasteiger partial charge in [-0.05, 0) is 31.6 Å². The van der Waals surface area contributed by atoms with E-state index in [1.54, 1.807) is 6.08 Å². The molecule has 0 N–H and O–H groups in total. The van der Waals surface area contributed by atoms with E-state index in [-0.39, 0.29) is 0 Å². The van der Waals surface area contributed by atoms with Gasteiger partial charge in [0.05, 0.1) is 0 Å². The number of hydrogen-bond acceptors (Lipinski definition) is 1. The normalized spacial score (nSPS) is 13.7. The minimum atomic E-state index is 0.886. The maximum atomic E-state index is 5.75. The Balaban J connectivity index is 3.07. The standard InChI is InChI=1S/C14H14O/c1-4-7-12-11(5-2)14-10(3)8-6-9-13(14)15-12/h4-9H,1H2,2-3H3/b11-5+,12-7+. The Kier molecular flexibility index (Phi) is 2.46. The molecular weight excluding hydrogens is 184 g/mol. The van der Waals surface area contributed by atoms with E-state index in [9.17, 15) is 0 Å². The minimum absolute atomic E-state index is 0.886. The molecule has 76 valence electrons. The summed E-state index contributed by atoms with van der Waals surface area (Å²) in [4.78, 5) is 0. The summed E-state index contributed by atoms with van der Waals surface area (Å²) in [5, 5.41) is 2.36. The Labute approximate surface area is 89.0 Å². The molecule has 0 amide bonds. The summed E-state index contributed by atoms with van der Waals surface area (Å²) in [5.41, 5.74) is 3.07. The van der Waals surface area contributed by atoms with Crippen molar-refractivity contribution in [3.63, 3.8) is 0 Å². The molecule has 15 heavy (non-hydrogen) atoms. The van der Waals surface area contributed by atoms with Crippen LogP contribution in [0.5, 0.6) is 0 Å². The van der Waals surface area contributed by atoms with Crippen LogP contribution in [0.1, 0.15) is 12.5 Å². The molecule has 1 heterocycles. The average Bonchev–Trinajstić information content (AvgIpc) is 2.57. The summed E-state index contributed by atoms with van der Waals surface area (Å²) in [6.07, 6.45) is 5.73. The fourth-order valence-corrected chi connectivity index (χ4v) is 1.89. The third kappa shape index (κ3) is 1.50. The largest absolute Gasteiger partial charge is 0.456 e. The van der Waals surface area contributed by atoms with Gasteiger partial charge in [0, 0.05) is 10.6 Å². The van der Waals surface area contributed by atoms with Gasteiger partial charge in [-0.15, -0.1) is 0 Å². The number of benzene rings is 1. The highest BCUT2D eigenvalue weighted by atomic mass is 16.3. The number of allylic oxidation sites excluding steroid dienone is 1. The second kappa shape index (κ2) is 3.77. The Bertz CT molecular complexity index is 615. The van der Waals surface area contributed by atoms with E-state index in [2.05, 4.69) is 25.6 Å². The summed E-state index contributed by atoms with van der Waals surface area (Å²) < 4.78 is 5.75. The van der Waals surface area contributed by atoms with Crippen LogP contribution >= 0.6 is 0 Å². The maximum absolute atomic E-state index is 5.75. The van der Waals surface area contributed by atoms with Crippen molar-refractivity contribution in [3.8, 4) is 0 Å². The number of hydrogen-bond donors (Lipinski definition) is 0. The van der Waals surface area contributed by atoms with Gasteiger partial charge in [-0.3, -0.25) is 0 Å². The molecule has 0 aliphatic heterocycles. The van der Waals surface area contributed by atoms with E-state index in [1.807, 2.05) is 25.1 Å². The lowest BCUT2D eigenvalue weighted by Gasteiger charge is -1.92. The molecule has 0 saturated heterocycles. The van der Waals surface area contributed by atoms with Crippen molar-refractivity contribution in [2.75, 3.05) is 0 Å². The van der Waals surface area contributed by atoms with Crippen molar-refractivity contribution in [2.45, 2.75) is 13.8 Å². The van der Waals surface area contributed by atoms with Gasteiger partial charge in [-0.2, -0.15) is 0 Å². The molecule has 1 aromatic heterocycles. The molecule has 0 unspecified atom stereocenters. The van der Waals surface area contributed by atoms with Crippen LogP contribution in [0, 0.1) is 6.92 Å². The van der Waals surface area contributed by atoms with Crippen LogP contribution in [0.4, 0.5) is 0 Å². The second-order valence-corrected chi connectivity index (χ2v) is 3.52. The first-order chi connectivity index (χ1) is 7.27. The lowest BCUT2D eigenvalue weighted by Crippen LogP contribution is -2.19. The molecule has 0 fully saturated rings. The van der Waals surface area contributed by atoms with Crippen molar-refractivity contribution in [3.05, 3.63) is 47.1 Å². The van der Waals surface area contributed by atoms with Crippen molar-refractivity contribution < 1.29 is 4.42 Å². The van der Waals surface area contributed by atoms with E-state index in [0.29, 0.717) is 0 Å². The van der Waals surface area contributed by atoms with Crippen LogP contribution in [-0.4, -0.2) is 0 Å². The Morgan fingerprint density at radius 2 is 2.13 bits per heavy atom. The van der Waals surface area contributed by atoms with E-state index in [1.165, 1.54) is 10.9 Å². The SMILES string of the molecule is C=C/C=c1/oc2cccc(C)c2/c1=C/C. The zero-order valence-corrected chi connectivity index (χ0v) is 9.08. The average molecular weight is 198 g/mol. The van der Waals surface area contributed by atoms with Crippen molar-refractivity contribution in [2.24, 2.45) is 0 Å². The number of rotatable bonds is 1. The molecule has 1 nitrogen and oxygen atoms in total. The summed E-state index contributed by atoms with van der Waals surface area (Å²) in [6.45, 7) is 7.82. The monoisotopic (exact) mass is 198 g/mol. The van der Waals surface area contributed by atoms with Gasteiger partial charge >= 0.3 is 0 Å². The molecule has 2 rings (SSSR count). The fraction of sp³-hybridized carbons (Fsp3) is 0.143. The predicted molar refractivity (Wildman–Crippen MR) is 65.0 cm³/mol. The molecule has 0 atom stereocenters. The van der Waals surface area contributed by atoms with Crippen molar-refractivity contribution >= 4 is 23.1 Å². The molecular formula is C14H14O. The highest BCUT2D eigenvalue weighted by Gasteiger charge is 2.03. The molecule has 0 spiro atoms. The summed E-state index contributed by atoms with van der Waals surface area (Å²) in [7, 11) is 0. The van der Waals surface area contributed by atoms with Crippen molar-refractivity contribution in [1.29, 1.82) is 0 Å². The van der Waals surface area contributed by atoms with Crippen LogP contribution in [0.25, 0.3) is 23.1 Å². The first kappa shape index (κ1) is 9.78. The maximum Gasteiger partial charge on any atom is 0.135 e. The van der Waals surface area contributed by atoms with Gasteiger partial charge in [-0.25, -0.2) is 0 Å². The summed E-state index contributed by atoms with van der Waals surface area (Å²) in [5.74, 6) is 0. The fourth-order valence-electron chi connectivity index (χ4n) is 1.89. The molecule has 0 bridgehead atoms. The zero-order valence-electron chi connectivity index (χ0n) is 9.08. The van der Waals surface area contributed by atoms with Crippen LogP contribution < -0.4 is 10.6 Å². The van der Waals surface area contributed by atoms with Gasteiger partial charge in [0.1, 0.15) is 11.0 Å². The predicted octanol–water partition coefficient (Wildman–Crippen LogP) is 2.51. The zero-order chi connectivity index (χ0) is 10.8. The highest BCUT2D eigenvalue weighted by molar-refractivity contribution is 5.82.